The maximum Gasteiger partial charge on any atom is 0.0460 e. The fourth-order valence-corrected chi connectivity index (χ4v) is 6.63. The highest BCUT2D eigenvalue weighted by atomic mass is 15.1. The Morgan fingerprint density at radius 1 is 0.771 bits per heavy atom. The molecule has 1 saturated heterocycles. The van der Waals surface area contributed by atoms with Gasteiger partial charge in [-0.05, 0) is 87.0 Å². The molecule has 1 aliphatic heterocycles. The van der Waals surface area contributed by atoms with Gasteiger partial charge < -0.3 is 15.2 Å². The number of aromatic nitrogens is 1. The van der Waals surface area contributed by atoms with Crippen molar-refractivity contribution in [3.05, 3.63) is 54.7 Å². The van der Waals surface area contributed by atoms with E-state index in [-0.39, 0.29) is 0 Å². The van der Waals surface area contributed by atoms with Gasteiger partial charge in [0.05, 0.1) is 0 Å². The summed E-state index contributed by atoms with van der Waals surface area (Å²) in [4.78, 5) is 6.03. The van der Waals surface area contributed by atoms with Crippen LogP contribution in [-0.4, -0.2) is 35.6 Å². The van der Waals surface area contributed by atoms with Gasteiger partial charge in [0, 0.05) is 34.9 Å². The van der Waals surface area contributed by atoms with Crippen LogP contribution in [0.3, 0.4) is 0 Å². The lowest BCUT2D eigenvalue weighted by Crippen LogP contribution is -2.36. The molecule has 0 radical (unpaired) electrons. The number of anilines is 1. The minimum atomic E-state index is 0.571. The molecular formula is C32H45N3. The zero-order valence-corrected chi connectivity index (χ0v) is 21.8. The molecule has 2 heterocycles. The molecular weight excluding hydrogens is 426 g/mol. The Hall–Kier alpha value is -2.26. The van der Waals surface area contributed by atoms with Crippen LogP contribution >= 0.6 is 0 Å². The summed E-state index contributed by atoms with van der Waals surface area (Å²) in [5.74, 6) is 0.876. The molecule has 1 aromatic heterocycles. The topological polar surface area (TPSA) is 31.1 Å². The summed E-state index contributed by atoms with van der Waals surface area (Å²) in [6, 6.07) is 19.2. The quantitative estimate of drug-likeness (QED) is 0.400. The minimum Gasteiger partial charge on any atom is -0.382 e. The van der Waals surface area contributed by atoms with Gasteiger partial charge in [-0.2, -0.15) is 0 Å². The van der Waals surface area contributed by atoms with Crippen LogP contribution in [0.2, 0.25) is 0 Å². The summed E-state index contributed by atoms with van der Waals surface area (Å²) in [6.45, 7) is 1.27. The summed E-state index contributed by atoms with van der Waals surface area (Å²) >= 11 is 0. The monoisotopic (exact) mass is 471 g/mol. The van der Waals surface area contributed by atoms with Gasteiger partial charge in [-0.25, -0.2) is 0 Å². The predicted molar refractivity (Wildman–Crippen MR) is 151 cm³/mol. The Morgan fingerprint density at radius 2 is 1.54 bits per heavy atom. The normalized spacial score (nSPS) is 25.6. The second kappa shape index (κ2) is 12.1. The first kappa shape index (κ1) is 24.4. The van der Waals surface area contributed by atoms with Crippen LogP contribution in [-0.2, 0) is 0 Å². The van der Waals surface area contributed by atoms with E-state index in [1.54, 1.807) is 0 Å². The van der Waals surface area contributed by atoms with Gasteiger partial charge in [-0.1, -0.05) is 75.6 Å². The lowest BCUT2D eigenvalue weighted by atomic mass is 9.91. The van der Waals surface area contributed by atoms with Crippen molar-refractivity contribution < 1.29 is 0 Å². The number of fused-ring (bicyclic) bond motifs is 4. The average Bonchev–Trinajstić information content (AvgIpc) is 3.27. The summed E-state index contributed by atoms with van der Waals surface area (Å²) in [6.07, 6.45) is 20.3. The number of H-pyrrole nitrogens is 1. The molecule has 5 rings (SSSR count). The number of aromatic amines is 1. The molecule has 2 fully saturated rings. The van der Waals surface area contributed by atoms with Gasteiger partial charge in [0.2, 0.25) is 0 Å². The lowest BCUT2D eigenvalue weighted by molar-refractivity contribution is 0.212. The predicted octanol–water partition coefficient (Wildman–Crippen LogP) is 8.63. The van der Waals surface area contributed by atoms with E-state index < -0.39 is 0 Å². The van der Waals surface area contributed by atoms with E-state index in [4.69, 9.17) is 0 Å². The second-order valence-electron chi connectivity index (χ2n) is 11.3. The molecule has 0 amide bonds. The molecule has 3 heteroatoms. The first-order valence-corrected chi connectivity index (χ1v) is 14.4. The Bertz CT molecular complexity index is 1040. The SMILES string of the molecule is CN1CCCCCCCCCCC2CCC1CC(Nc1ccc(-c3cccc4[nH]ccc34)cc1)C2. The number of benzene rings is 2. The highest BCUT2D eigenvalue weighted by Crippen LogP contribution is 2.33. The molecule has 3 nitrogen and oxygen atoms in total. The Kier molecular flexibility index (Phi) is 8.46. The van der Waals surface area contributed by atoms with E-state index in [1.807, 2.05) is 6.20 Å². The first-order chi connectivity index (χ1) is 17.3. The molecule has 3 atom stereocenters. The van der Waals surface area contributed by atoms with Crippen LogP contribution in [0.5, 0.6) is 0 Å². The van der Waals surface area contributed by atoms with Crippen molar-refractivity contribution in [2.75, 3.05) is 18.9 Å². The third-order valence-corrected chi connectivity index (χ3v) is 8.74. The number of rotatable bonds is 3. The van der Waals surface area contributed by atoms with E-state index in [9.17, 15) is 0 Å². The van der Waals surface area contributed by atoms with Crippen LogP contribution in [0.25, 0.3) is 22.0 Å². The number of nitrogens with zero attached hydrogens (tertiary/aromatic N) is 1. The van der Waals surface area contributed by atoms with E-state index in [0.717, 1.165) is 5.92 Å². The van der Waals surface area contributed by atoms with Crippen LogP contribution < -0.4 is 5.32 Å². The number of nitrogens with one attached hydrogen (secondary N) is 2. The molecule has 35 heavy (non-hydrogen) atoms. The Morgan fingerprint density at radius 3 is 2.37 bits per heavy atom. The van der Waals surface area contributed by atoms with Crippen molar-refractivity contribution in [1.82, 2.24) is 9.88 Å². The van der Waals surface area contributed by atoms with Crippen molar-refractivity contribution in [2.45, 2.75) is 95.6 Å². The van der Waals surface area contributed by atoms with Crippen molar-refractivity contribution >= 4 is 16.6 Å². The van der Waals surface area contributed by atoms with Crippen LogP contribution in [0.15, 0.2) is 54.7 Å². The smallest absolute Gasteiger partial charge is 0.0460 e. The van der Waals surface area contributed by atoms with Crippen molar-refractivity contribution in [1.29, 1.82) is 0 Å². The third-order valence-electron chi connectivity index (χ3n) is 8.74. The molecule has 3 unspecified atom stereocenters. The maximum absolute atomic E-state index is 3.98. The highest BCUT2D eigenvalue weighted by molar-refractivity contribution is 5.95. The van der Waals surface area contributed by atoms with E-state index in [1.165, 1.54) is 118 Å². The van der Waals surface area contributed by atoms with Crippen molar-refractivity contribution in [2.24, 2.45) is 5.92 Å². The zero-order valence-electron chi connectivity index (χ0n) is 21.8. The van der Waals surface area contributed by atoms with E-state index >= 15 is 0 Å². The van der Waals surface area contributed by atoms with E-state index in [0.29, 0.717) is 12.1 Å². The molecule has 1 saturated carbocycles. The van der Waals surface area contributed by atoms with Gasteiger partial charge in [-0.15, -0.1) is 0 Å². The van der Waals surface area contributed by atoms with Crippen LogP contribution in [0.4, 0.5) is 5.69 Å². The summed E-state index contributed by atoms with van der Waals surface area (Å²) in [5.41, 5.74) is 5.07. The molecule has 2 aliphatic rings. The summed E-state index contributed by atoms with van der Waals surface area (Å²) in [5, 5.41) is 5.28. The van der Waals surface area contributed by atoms with Crippen molar-refractivity contribution in [3.8, 4) is 11.1 Å². The standard InChI is InChI=1S/C32H45N3/c1-35-22-9-7-5-3-2-4-6-8-11-25-14-19-29(35)24-28(23-25)34-27-17-15-26(16-18-27)30-12-10-13-32-31(30)20-21-33-32/h10,12-13,15-18,20-21,25,28-29,33-34H,2-9,11,14,19,22-24H2,1H3. The summed E-state index contributed by atoms with van der Waals surface area (Å²) in [7, 11) is 2.39. The molecule has 1 aliphatic carbocycles. The molecule has 2 bridgehead atoms. The Labute approximate surface area is 212 Å². The second-order valence-corrected chi connectivity index (χ2v) is 11.3. The van der Waals surface area contributed by atoms with Gasteiger partial charge in [0.1, 0.15) is 0 Å². The molecule has 0 spiro atoms. The molecule has 188 valence electrons. The Balaban J connectivity index is 1.28. The van der Waals surface area contributed by atoms with E-state index in [2.05, 4.69) is 70.8 Å². The molecule has 2 aromatic carbocycles. The molecule has 3 aromatic rings. The van der Waals surface area contributed by atoms with Crippen molar-refractivity contribution in [3.63, 3.8) is 0 Å². The lowest BCUT2D eigenvalue weighted by Gasteiger charge is -2.30. The fraction of sp³-hybridized carbons (Fsp3) is 0.562. The number of hydrogen-bond donors (Lipinski definition) is 2. The molecule has 2 N–H and O–H groups in total. The maximum atomic E-state index is 3.98. The van der Waals surface area contributed by atoms with Crippen LogP contribution in [0, 0.1) is 5.92 Å². The number of hydrogen-bond acceptors (Lipinski definition) is 2. The average molecular weight is 472 g/mol. The van der Waals surface area contributed by atoms with Gasteiger partial charge in [0.15, 0.2) is 0 Å². The van der Waals surface area contributed by atoms with Gasteiger partial charge >= 0.3 is 0 Å². The van der Waals surface area contributed by atoms with Gasteiger partial charge in [0.25, 0.3) is 0 Å². The third kappa shape index (κ3) is 6.50. The van der Waals surface area contributed by atoms with Gasteiger partial charge in [-0.3, -0.25) is 0 Å². The fourth-order valence-electron chi connectivity index (χ4n) is 6.63. The zero-order chi connectivity index (χ0) is 23.9. The van der Waals surface area contributed by atoms with Crippen LogP contribution in [0.1, 0.15) is 83.5 Å². The summed E-state index contributed by atoms with van der Waals surface area (Å²) < 4.78 is 0. The largest absolute Gasteiger partial charge is 0.382 e. The minimum absolute atomic E-state index is 0.571. The first-order valence-electron chi connectivity index (χ1n) is 14.4. The highest BCUT2D eigenvalue weighted by Gasteiger charge is 2.28.